The number of carbonyl (C=O) groups is 1. The highest BCUT2D eigenvalue weighted by atomic mass is 32.2. The van der Waals surface area contributed by atoms with Gasteiger partial charge in [0.25, 0.3) is 0 Å². The average Bonchev–Trinajstić information content (AvgIpc) is 2.53. The Bertz CT molecular complexity index is 496. The Morgan fingerprint density at radius 2 is 1.91 bits per heavy atom. The van der Waals surface area contributed by atoms with Crippen LogP contribution in [0.4, 0.5) is 0 Å². The molecule has 1 aromatic rings. The molecule has 0 atom stereocenters. The van der Waals surface area contributed by atoms with Crippen LogP contribution in [0.2, 0.25) is 0 Å². The molecule has 1 aliphatic heterocycles. The van der Waals surface area contributed by atoms with Crippen molar-refractivity contribution in [2.45, 2.75) is 50.5 Å². The van der Waals surface area contributed by atoms with Gasteiger partial charge in [0.05, 0.1) is 5.75 Å². The summed E-state index contributed by atoms with van der Waals surface area (Å²) in [7, 11) is 0. The van der Waals surface area contributed by atoms with E-state index < -0.39 is 0 Å². The van der Waals surface area contributed by atoms with Crippen molar-refractivity contribution in [2.24, 2.45) is 0 Å². The molecular weight excluding hydrogens is 292 g/mol. The number of likely N-dealkylation sites (tertiary alicyclic amines) is 1. The minimum atomic E-state index is 0.0450. The first-order chi connectivity index (χ1) is 10.5. The second-order valence-corrected chi connectivity index (χ2v) is 7.71. The number of aryl methyl sites for hydroxylation is 1. The Labute approximate surface area is 138 Å². The summed E-state index contributed by atoms with van der Waals surface area (Å²) in [6.45, 7) is 9.57. The van der Waals surface area contributed by atoms with Crippen LogP contribution in [0.3, 0.4) is 0 Å². The molecule has 1 saturated heterocycles. The molecule has 0 spiro atoms. The van der Waals surface area contributed by atoms with E-state index in [1.807, 2.05) is 12.1 Å². The predicted octanol–water partition coefficient (Wildman–Crippen LogP) is 3.47. The van der Waals surface area contributed by atoms with Gasteiger partial charge in [0.1, 0.15) is 0 Å². The van der Waals surface area contributed by atoms with Gasteiger partial charge in [-0.05, 0) is 58.3 Å². The highest BCUT2D eigenvalue weighted by Crippen LogP contribution is 2.22. The summed E-state index contributed by atoms with van der Waals surface area (Å²) < 4.78 is 0. The molecular formula is C18H28N2OS. The third kappa shape index (κ3) is 5.03. The molecule has 22 heavy (non-hydrogen) atoms. The van der Waals surface area contributed by atoms with Crippen molar-refractivity contribution >= 4 is 17.7 Å². The molecule has 1 heterocycles. The van der Waals surface area contributed by atoms with Gasteiger partial charge in [-0.2, -0.15) is 0 Å². The minimum Gasteiger partial charge on any atom is -0.354 e. The van der Waals surface area contributed by atoms with E-state index in [0.717, 1.165) is 19.6 Å². The van der Waals surface area contributed by atoms with E-state index in [0.29, 0.717) is 5.75 Å². The average molecular weight is 321 g/mol. The summed E-state index contributed by atoms with van der Waals surface area (Å²) in [5.74, 6) is 0.610. The first kappa shape index (κ1) is 17.4. The predicted molar refractivity (Wildman–Crippen MR) is 94.4 cm³/mol. The lowest BCUT2D eigenvalue weighted by molar-refractivity contribution is -0.119. The zero-order valence-corrected chi connectivity index (χ0v) is 14.8. The molecule has 1 amide bonds. The second kappa shape index (κ2) is 8.02. The van der Waals surface area contributed by atoms with Gasteiger partial charge in [-0.1, -0.05) is 24.6 Å². The number of amides is 1. The van der Waals surface area contributed by atoms with Crippen LogP contribution in [-0.2, 0) is 4.79 Å². The monoisotopic (exact) mass is 320 g/mol. The van der Waals surface area contributed by atoms with Crippen molar-refractivity contribution in [1.82, 2.24) is 10.2 Å². The van der Waals surface area contributed by atoms with Gasteiger partial charge in [0, 0.05) is 17.0 Å². The number of hydrogen-bond donors (Lipinski definition) is 1. The Hall–Kier alpha value is -1.00. The number of benzene rings is 1. The van der Waals surface area contributed by atoms with Gasteiger partial charge < -0.3 is 5.32 Å². The molecule has 1 N–H and O–H groups in total. The first-order valence-electron chi connectivity index (χ1n) is 8.19. The number of piperidine rings is 1. The second-order valence-electron chi connectivity index (χ2n) is 6.69. The van der Waals surface area contributed by atoms with Crippen LogP contribution in [-0.4, -0.2) is 41.7 Å². The molecule has 0 saturated carbocycles. The maximum absolute atomic E-state index is 12.1. The number of hydrogen-bond acceptors (Lipinski definition) is 3. The van der Waals surface area contributed by atoms with Crippen LogP contribution in [0, 0.1) is 6.92 Å². The van der Waals surface area contributed by atoms with E-state index in [9.17, 15) is 4.79 Å². The maximum Gasteiger partial charge on any atom is 0.230 e. The fourth-order valence-electron chi connectivity index (χ4n) is 2.84. The van der Waals surface area contributed by atoms with Crippen LogP contribution in [0.1, 0.15) is 38.7 Å². The molecule has 122 valence electrons. The number of carbonyl (C=O) groups excluding carboxylic acids is 1. The highest BCUT2D eigenvalue weighted by Gasteiger charge is 2.28. The fourth-order valence-corrected chi connectivity index (χ4v) is 3.70. The van der Waals surface area contributed by atoms with Gasteiger partial charge in [-0.3, -0.25) is 9.69 Å². The van der Waals surface area contributed by atoms with E-state index in [1.54, 1.807) is 11.8 Å². The summed E-state index contributed by atoms with van der Waals surface area (Å²) >= 11 is 1.62. The molecule has 2 rings (SSSR count). The smallest absolute Gasteiger partial charge is 0.230 e. The third-order valence-electron chi connectivity index (χ3n) is 4.38. The van der Waals surface area contributed by atoms with Crippen LogP contribution >= 0.6 is 11.8 Å². The summed E-state index contributed by atoms with van der Waals surface area (Å²) in [5.41, 5.74) is 1.28. The molecule has 0 unspecified atom stereocenters. The van der Waals surface area contributed by atoms with Crippen LogP contribution in [0.25, 0.3) is 0 Å². The summed E-state index contributed by atoms with van der Waals surface area (Å²) in [4.78, 5) is 15.8. The van der Waals surface area contributed by atoms with Crippen LogP contribution < -0.4 is 5.32 Å². The molecule has 0 bridgehead atoms. The molecule has 0 aromatic heterocycles. The van der Waals surface area contributed by atoms with Crippen molar-refractivity contribution < 1.29 is 4.79 Å². The van der Waals surface area contributed by atoms with Gasteiger partial charge in [-0.15, -0.1) is 11.8 Å². The minimum absolute atomic E-state index is 0.0450. The molecule has 0 aliphatic carbocycles. The van der Waals surface area contributed by atoms with E-state index >= 15 is 0 Å². The van der Waals surface area contributed by atoms with Crippen molar-refractivity contribution in [1.29, 1.82) is 0 Å². The highest BCUT2D eigenvalue weighted by molar-refractivity contribution is 8.00. The molecule has 1 aliphatic rings. The molecule has 1 fully saturated rings. The topological polar surface area (TPSA) is 32.3 Å². The largest absolute Gasteiger partial charge is 0.354 e. The lowest BCUT2D eigenvalue weighted by atomic mass is 9.98. The number of nitrogens with one attached hydrogen (secondary N) is 1. The summed E-state index contributed by atoms with van der Waals surface area (Å²) in [6.07, 6.45) is 3.90. The van der Waals surface area contributed by atoms with Crippen LogP contribution in [0.15, 0.2) is 29.2 Å². The van der Waals surface area contributed by atoms with Gasteiger partial charge in [0.2, 0.25) is 5.91 Å². The molecule has 0 radical (unpaired) electrons. The Morgan fingerprint density at radius 1 is 1.23 bits per heavy atom. The molecule has 1 aromatic carbocycles. The van der Waals surface area contributed by atoms with Crippen LogP contribution in [0.5, 0.6) is 0 Å². The Morgan fingerprint density at radius 3 is 2.59 bits per heavy atom. The Balaban J connectivity index is 1.76. The maximum atomic E-state index is 12.1. The summed E-state index contributed by atoms with van der Waals surface area (Å²) in [5, 5.41) is 3.11. The van der Waals surface area contributed by atoms with Gasteiger partial charge in [-0.25, -0.2) is 0 Å². The quantitative estimate of drug-likeness (QED) is 0.815. The number of thioether (sulfide) groups is 1. The lowest BCUT2D eigenvalue weighted by Gasteiger charge is -2.41. The number of rotatable bonds is 6. The lowest BCUT2D eigenvalue weighted by Crippen LogP contribution is -2.53. The van der Waals surface area contributed by atoms with E-state index in [-0.39, 0.29) is 11.4 Å². The van der Waals surface area contributed by atoms with Crippen molar-refractivity contribution in [2.75, 3.05) is 25.4 Å². The Kier molecular flexibility index (Phi) is 6.33. The van der Waals surface area contributed by atoms with Crippen molar-refractivity contribution in [3.63, 3.8) is 0 Å². The normalized spacial score (nSPS) is 16.5. The third-order valence-corrected chi connectivity index (χ3v) is 5.56. The molecule has 3 nitrogen and oxygen atoms in total. The first-order valence-corrected chi connectivity index (χ1v) is 9.18. The van der Waals surface area contributed by atoms with Crippen molar-refractivity contribution in [3.05, 3.63) is 29.8 Å². The van der Waals surface area contributed by atoms with Gasteiger partial charge >= 0.3 is 0 Å². The van der Waals surface area contributed by atoms with E-state index in [2.05, 4.69) is 43.1 Å². The SMILES string of the molecule is Cc1ccccc1SCC(=O)NCC(C)(C)N1CCCCC1. The van der Waals surface area contributed by atoms with E-state index in [4.69, 9.17) is 0 Å². The molecule has 4 heteroatoms. The van der Waals surface area contributed by atoms with Gasteiger partial charge in [0.15, 0.2) is 0 Å². The van der Waals surface area contributed by atoms with E-state index in [1.165, 1.54) is 29.7 Å². The summed E-state index contributed by atoms with van der Waals surface area (Å²) in [6, 6.07) is 8.21. The standard InChI is InChI=1S/C18H28N2OS/c1-15-9-5-6-10-16(15)22-13-17(21)19-14-18(2,3)20-11-7-4-8-12-20/h5-6,9-10H,4,7-8,11-14H2,1-3H3,(H,19,21). The zero-order valence-electron chi connectivity index (χ0n) is 14.0. The van der Waals surface area contributed by atoms with Crippen molar-refractivity contribution in [3.8, 4) is 0 Å². The zero-order chi connectivity index (χ0) is 16.0. The fraction of sp³-hybridized carbons (Fsp3) is 0.611. The number of nitrogens with zero attached hydrogens (tertiary/aromatic N) is 1.